The highest BCUT2D eigenvalue weighted by molar-refractivity contribution is 7.88. The van der Waals surface area contributed by atoms with E-state index in [-0.39, 0.29) is 12.6 Å². The van der Waals surface area contributed by atoms with Crippen LogP contribution in [0.1, 0.15) is 33.1 Å². The largest absolute Gasteiger partial charge is 0.449 e. The molecule has 2 atom stereocenters. The third-order valence-electron chi connectivity index (χ3n) is 2.51. The van der Waals surface area contributed by atoms with Gasteiger partial charge in [-0.05, 0) is 32.1 Å². The monoisotopic (exact) mass is 250 g/mol. The Morgan fingerprint density at radius 3 is 2.62 bits per heavy atom. The highest BCUT2D eigenvalue weighted by Gasteiger charge is 2.26. The van der Waals surface area contributed by atoms with Crippen LogP contribution in [0.4, 0.5) is 4.79 Å². The van der Waals surface area contributed by atoms with Gasteiger partial charge in [0.1, 0.15) is 0 Å². The fraction of sp³-hybridized carbons (Fsp3) is 0.889. The topological polar surface area (TPSA) is 84.5 Å². The molecule has 1 amide bonds. The Labute approximate surface area is 95.9 Å². The van der Waals surface area contributed by atoms with Gasteiger partial charge in [0.2, 0.25) is 0 Å². The van der Waals surface area contributed by atoms with Crippen LogP contribution in [-0.2, 0) is 14.9 Å². The molecule has 2 N–H and O–H groups in total. The number of carbonyl (C=O) groups is 1. The van der Waals surface area contributed by atoms with Crippen molar-refractivity contribution in [2.24, 2.45) is 5.92 Å². The van der Waals surface area contributed by atoms with E-state index in [1.54, 1.807) is 11.6 Å². The molecular weight excluding hydrogens is 232 g/mol. The number of ether oxygens (including phenoxy) is 1. The van der Waals surface area contributed by atoms with Crippen LogP contribution in [0.15, 0.2) is 0 Å². The number of hydrogen-bond donors (Lipinski definition) is 2. The van der Waals surface area contributed by atoms with E-state index in [0.717, 1.165) is 19.3 Å². The maximum Gasteiger partial charge on any atom is 0.421 e. The molecule has 1 fully saturated rings. The second kappa shape index (κ2) is 5.49. The molecule has 0 aromatic heterocycles. The number of rotatable bonds is 4. The van der Waals surface area contributed by atoms with Gasteiger partial charge >= 0.3 is 16.3 Å². The smallest absolute Gasteiger partial charge is 0.421 e. The highest BCUT2D eigenvalue weighted by atomic mass is 32.2. The summed E-state index contributed by atoms with van der Waals surface area (Å²) in [6.07, 6.45) is 1.68. The molecule has 2 unspecified atom stereocenters. The molecule has 6 nitrogen and oxygen atoms in total. The average molecular weight is 250 g/mol. The summed E-state index contributed by atoms with van der Waals surface area (Å²) in [5.74, 6) is 0.523. The first kappa shape index (κ1) is 13.2. The van der Waals surface area contributed by atoms with E-state index in [9.17, 15) is 13.2 Å². The Kier molecular flexibility index (Phi) is 4.55. The molecular formula is C9H18N2O4S. The molecule has 0 aliphatic heterocycles. The normalized spacial score (nSPS) is 25.4. The lowest BCUT2D eigenvalue weighted by Crippen LogP contribution is -2.44. The second-order valence-electron chi connectivity index (χ2n) is 4.06. The van der Waals surface area contributed by atoms with Crippen LogP contribution in [0.3, 0.4) is 0 Å². The molecule has 0 aromatic rings. The molecule has 0 spiro atoms. The first-order valence-electron chi connectivity index (χ1n) is 5.39. The van der Waals surface area contributed by atoms with E-state index in [2.05, 4.69) is 16.4 Å². The molecule has 0 saturated heterocycles. The van der Waals surface area contributed by atoms with Crippen molar-refractivity contribution < 1.29 is 17.9 Å². The minimum Gasteiger partial charge on any atom is -0.449 e. The van der Waals surface area contributed by atoms with E-state index >= 15 is 0 Å². The standard InChI is InChI=1S/C9H18N2O4S/c1-3-15-9(12)11-16(13,14)10-8-5-4-7(2)6-8/h7-8,10H,3-6H2,1-2H3,(H,11,12). The van der Waals surface area contributed by atoms with E-state index < -0.39 is 16.3 Å². The summed E-state index contributed by atoms with van der Waals surface area (Å²) >= 11 is 0. The fourth-order valence-corrected chi connectivity index (χ4v) is 2.82. The number of hydrogen-bond acceptors (Lipinski definition) is 4. The van der Waals surface area contributed by atoms with Crippen molar-refractivity contribution in [2.45, 2.75) is 39.2 Å². The molecule has 1 rings (SSSR count). The molecule has 7 heteroatoms. The van der Waals surface area contributed by atoms with Crippen LogP contribution >= 0.6 is 0 Å². The van der Waals surface area contributed by atoms with Gasteiger partial charge in [0, 0.05) is 6.04 Å². The Hall–Kier alpha value is -0.820. The van der Waals surface area contributed by atoms with Gasteiger partial charge in [0.05, 0.1) is 6.61 Å². The van der Waals surface area contributed by atoms with Crippen LogP contribution in [-0.4, -0.2) is 27.2 Å². The van der Waals surface area contributed by atoms with Gasteiger partial charge in [-0.25, -0.2) is 9.52 Å². The molecule has 0 aromatic carbocycles. The van der Waals surface area contributed by atoms with Crippen LogP contribution in [0.25, 0.3) is 0 Å². The summed E-state index contributed by atoms with van der Waals surface area (Å²) in [5.41, 5.74) is 0. The van der Waals surface area contributed by atoms with Gasteiger partial charge in [-0.3, -0.25) is 0 Å². The highest BCUT2D eigenvalue weighted by Crippen LogP contribution is 2.24. The second-order valence-corrected chi connectivity index (χ2v) is 5.51. The predicted octanol–water partition coefficient (Wildman–Crippen LogP) is 0.755. The number of amides is 1. The molecule has 0 heterocycles. The molecule has 94 valence electrons. The van der Waals surface area contributed by atoms with Crippen molar-refractivity contribution in [3.63, 3.8) is 0 Å². The average Bonchev–Trinajstić information content (AvgIpc) is 2.49. The van der Waals surface area contributed by atoms with E-state index in [0.29, 0.717) is 5.92 Å². The molecule has 16 heavy (non-hydrogen) atoms. The molecule has 0 radical (unpaired) electrons. The summed E-state index contributed by atoms with van der Waals surface area (Å²) in [4.78, 5) is 10.9. The van der Waals surface area contributed by atoms with Crippen molar-refractivity contribution in [3.05, 3.63) is 0 Å². The van der Waals surface area contributed by atoms with Crippen molar-refractivity contribution in [1.82, 2.24) is 9.44 Å². The summed E-state index contributed by atoms with van der Waals surface area (Å²) in [6, 6.07) is -0.0815. The molecule has 0 bridgehead atoms. The van der Waals surface area contributed by atoms with E-state index in [4.69, 9.17) is 0 Å². The Balaban J connectivity index is 2.42. The van der Waals surface area contributed by atoms with Gasteiger partial charge in [0.15, 0.2) is 0 Å². The Bertz CT molecular complexity index is 341. The predicted molar refractivity (Wildman–Crippen MR) is 59.0 cm³/mol. The van der Waals surface area contributed by atoms with Crippen LogP contribution < -0.4 is 9.44 Å². The van der Waals surface area contributed by atoms with Crippen molar-refractivity contribution in [1.29, 1.82) is 0 Å². The third kappa shape index (κ3) is 4.36. The maximum atomic E-state index is 11.5. The van der Waals surface area contributed by atoms with Gasteiger partial charge < -0.3 is 4.74 Å². The quantitative estimate of drug-likeness (QED) is 0.771. The lowest BCUT2D eigenvalue weighted by molar-refractivity contribution is 0.158. The lowest BCUT2D eigenvalue weighted by atomic mass is 10.1. The first-order valence-corrected chi connectivity index (χ1v) is 6.88. The lowest BCUT2D eigenvalue weighted by Gasteiger charge is -2.13. The zero-order valence-corrected chi connectivity index (χ0v) is 10.3. The fourth-order valence-electron chi connectivity index (χ4n) is 1.83. The summed E-state index contributed by atoms with van der Waals surface area (Å²) in [6.45, 7) is 3.83. The van der Waals surface area contributed by atoms with Gasteiger partial charge in [0.25, 0.3) is 0 Å². The van der Waals surface area contributed by atoms with Gasteiger partial charge in [-0.2, -0.15) is 13.1 Å². The van der Waals surface area contributed by atoms with Crippen molar-refractivity contribution in [3.8, 4) is 0 Å². The van der Waals surface area contributed by atoms with Crippen molar-refractivity contribution in [2.75, 3.05) is 6.61 Å². The number of carbonyl (C=O) groups excluding carboxylic acids is 1. The minimum atomic E-state index is -3.78. The molecule has 1 saturated carbocycles. The van der Waals surface area contributed by atoms with Crippen molar-refractivity contribution >= 4 is 16.3 Å². The van der Waals surface area contributed by atoms with Crippen LogP contribution in [0, 0.1) is 5.92 Å². The molecule has 1 aliphatic rings. The Morgan fingerprint density at radius 2 is 2.12 bits per heavy atom. The van der Waals surface area contributed by atoms with Gasteiger partial charge in [-0.15, -0.1) is 0 Å². The van der Waals surface area contributed by atoms with Crippen LogP contribution in [0.5, 0.6) is 0 Å². The number of nitrogens with one attached hydrogen (secondary N) is 2. The third-order valence-corrected chi connectivity index (χ3v) is 3.59. The van der Waals surface area contributed by atoms with E-state index in [1.807, 2.05) is 0 Å². The molecule has 1 aliphatic carbocycles. The van der Waals surface area contributed by atoms with E-state index in [1.165, 1.54) is 0 Å². The summed E-state index contributed by atoms with van der Waals surface area (Å²) in [7, 11) is -3.78. The zero-order valence-electron chi connectivity index (χ0n) is 9.52. The Morgan fingerprint density at radius 1 is 1.44 bits per heavy atom. The zero-order chi connectivity index (χ0) is 12.2. The maximum absolute atomic E-state index is 11.5. The van der Waals surface area contributed by atoms with Gasteiger partial charge in [-0.1, -0.05) is 6.92 Å². The summed E-state index contributed by atoms with van der Waals surface area (Å²) < 4.78 is 31.6. The van der Waals surface area contributed by atoms with Crippen LogP contribution in [0.2, 0.25) is 0 Å². The SMILES string of the molecule is CCOC(=O)NS(=O)(=O)NC1CCC(C)C1. The first-order chi connectivity index (χ1) is 7.43. The summed E-state index contributed by atoms with van der Waals surface area (Å²) in [5, 5.41) is 0. The minimum absolute atomic E-state index is 0.0815.